The largest absolute Gasteiger partial charge is 0.467 e. The number of hydrogen-bond acceptors (Lipinski definition) is 7. The standard InChI is InChI=1S/C32H41N3O7/c1-31(2,3)42-30(39)34-26(27(36)35-32(28(37)40-4)17-9-10-18-32)16-11-19-33-29(38)41-20-25-23-14-7-5-12-21(23)22-13-6-8-15-24(22)25/h5-8,12-15,25-26H,9-11,16-20H2,1-4H3,(H,33,38)(H,34,39)(H,35,36). The average molecular weight is 580 g/mol. The molecule has 4 rings (SSSR count). The van der Waals surface area contributed by atoms with Crippen molar-refractivity contribution in [2.24, 2.45) is 0 Å². The van der Waals surface area contributed by atoms with Crippen molar-refractivity contribution < 1.29 is 33.4 Å². The fourth-order valence-electron chi connectivity index (χ4n) is 5.74. The Morgan fingerprint density at radius 2 is 1.52 bits per heavy atom. The molecule has 226 valence electrons. The summed E-state index contributed by atoms with van der Waals surface area (Å²) in [6.45, 7) is 5.60. The molecule has 3 N–H and O–H groups in total. The van der Waals surface area contributed by atoms with Crippen molar-refractivity contribution in [3.63, 3.8) is 0 Å². The molecule has 0 aliphatic heterocycles. The van der Waals surface area contributed by atoms with Crippen molar-refractivity contribution in [1.29, 1.82) is 0 Å². The van der Waals surface area contributed by atoms with Gasteiger partial charge >= 0.3 is 18.2 Å². The first-order valence-corrected chi connectivity index (χ1v) is 14.5. The predicted octanol–water partition coefficient (Wildman–Crippen LogP) is 4.80. The monoisotopic (exact) mass is 579 g/mol. The van der Waals surface area contributed by atoms with Crippen molar-refractivity contribution in [3.05, 3.63) is 59.7 Å². The molecule has 0 heterocycles. The number of esters is 1. The lowest BCUT2D eigenvalue weighted by Crippen LogP contribution is -2.58. The number of alkyl carbamates (subject to hydrolysis) is 2. The molecule has 3 amide bonds. The van der Waals surface area contributed by atoms with E-state index in [9.17, 15) is 19.2 Å². The Hall–Kier alpha value is -4.08. The first-order chi connectivity index (χ1) is 20.0. The third kappa shape index (κ3) is 7.40. The Morgan fingerprint density at radius 1 is 0.929 bits per heavy atom. The number of nitrogens with one attached hydrogen (secondary N) is 3. The highest BCUT2D eigenvalue weighted by atomic mass is 16.6. The minimum Gasteiger partial charge on any atom is -0.467 e. The average Bonchev–Trinajstić information content (AvgIpc) is 3.55. The van der Waals surface area contributed by atoms with Crippen LogP contribution < -0.4 is 16.0 Å². The Balaban J connectivity index is 1.31. The molecule has 0 spiro atoms. The van der Waals surface area contributed by atoms with Crippen LogP contribution in [0.5, 0.6) is 0 Å². The molecule has 0 radical (unpaired) electrons. The summed E-state index contributed by atoms with van der Waals surface area (Å²) < 4.78 is 15.9. The van der Waals surface area contributed by atoms with Crippen LogP contribution in [0.15, 0.2) is 48.5 Å². The minimum absolute atomic E-state index is 0.0491. The van der Waals surface area contributed by atoms with Gasteiger partial charge in [0.25, 0.3) is 0 Å². The molecule has 0 bridgehead atoms. The van der Waals surface area contributed by atoms with Crippen molar-refractivity contribution in [2.75, 3.05) is 20.3 Å². The molecule has 2 aromatic carbocycles. The highest BCUT2D eigenvalue weighted by Crippen LogP contribution is 2.44. The summed E-state index contributed by atoms with van der Waals surface area (Å²) in [5.74, 6) is -1.05. The normalized spacial score (nSPS) is 16.0. The number of carbonyl (C=O) groups excluding carboxylic acids is 4. The molecule has 1 unspecified atom stereocenters. The lowest BCUT2D eigenvalue weighted by Gasteiger charge is -2.30. The van der Waals surface area contributed by atoms with Gasteiger partial charge in [-0.3, -0.25) is 4.79 Å². The summed E-state index contributed by atoms with van der Waals surface area (Å²) in [6, 6.07) is 15.2. The summed E-state index contributed by atoms with van der Waals surface area (Å²) in [5.41, 5.74) is 2.68. The molecule has 10 heteroatoms. The second kappa shape index (κ2) is 13.3. The van der Waals surface area contributed by atoms with E-state index < -0.39 is 41.2 Å². The van der Waals surface area contributed by atoms with E-state index in [0.29, 0.717) is 19.3 Å². The molecular formula is C32H41N3O7. The number of carbonyl (C=O) groups is 4. The first-order valence-electron chi connectivity index (χ1n) is 14.5. The van der Waals surface area contributed by atoms with Gasteiger partial charge in [-0.25, -0.2) is 14.4 Å². The van der Waals surface area contributed by atoms with Gasteiger partial charge in [0.1, 0.15) is 23.8 Å². The van der Waals surface area contributed by atoms with E-state index in [0.717, 1.165) is 35.1 Å². The fourth-order valence-corrected chi connectivity index (χ4v) is 5.74. The summed E-state index contributed by atoms with van der Waals surface area (Å²) in [5, 5.41) is 8.19. The van der Waals surface area contributed by atoms with E-state index in [2.05, 4.69) is 40.2 Å². The van der Waals surface area contributed by atoms with Crippen LogP contribution in [0.3, 0.4) is 0 Å². The van der Waals surface area contributed by atoms with Crippen molar-refractivity contribution in [3.8, 4) is 11.1 Å². The van der Waals surface area contributed by atoms with E-state index in [4.69, 9.17) is 14.2 Å². The maximum absolute atomic E-state index is 13.3. The minimum atomic E-state index is -1.11. The third-order valence-corrected chi connectivity index (χ3v) is 7.69. The van der Waals surface area contributed by atoms with Gasteiger partial charge in [-0.1, -0.05) is 61.4 Å². The highest BCUT2D eigenvalue weighted by molar-refractivity contribution is 5.92. The van der Waals surface area contributed by atoms with Crippen LogP contribution in [0.25, 0.3) is 11.1 Å². The Kier molecular flexibility index (Phi) is 9.75. The first kappa shape index (κ1) is 30.9. The van der Waals surface area contributed by atoms with E-state index in [1.165, 1.54) is 7.11 Å². The van der Waals surface area contributed by atoms with Crippen LogP contribution >= 0.6 is 0 Å². The van der Waals surface area contributed by atoms with Crippen LogP contribution in [0.4, 0.5) is 9.59 Å². The maximum atomic E-state index is 13.3. The maximum Gasteiger partial charge on any atom is 0.408 e. The van der Waals surface area contributed by atoms with Crippen LogP contribution in [0.1, 0.15) is 76.3 Å². The van der Waals surface area contributed by atoms with Crippen molar-refractivity contribution in [1.82, 2.24) is 16.0 Å². The zero-order valence-electron chi connectivity index (χ0n) is 24.8. The van der Waals surface area contributed by atoms with Gasteiger partial charge in [-0.2, -0.15) is 0 Å². The molecule has 10 nitrogen and oxygen atoms in total. The van der Waals surface area contributed by atoms with Gasteiger partial charge in [-0.15, -0.1) is 0 Å². The molecule has 2 aliphatic rings. The SMILES string of the molecule is COC(=O)C1(NC(=O)C(CCCNC(=O)OCC2c3ccccc3-c3ccccc32)NC(=O)OC(C)(C)C)CCCC1. The number of methoxy groups -OCH3 is 1. The molecule has 1 saturated carbocycles. The fraction of sp³-hybridized carbons (Fsp3) is 0.500. The molecule has 1 atom stereocenters. The number of fused-ring (bicyclic) bond motifs is 3. The summed E-state index contributed by atoms with van der Waals surface area (Å²) >= 11 is 0. The molecule has 2 aromatic rings. The summed E-state index contributed by atoms with van der Waals surface area (Å²) in [4.78, 5) is 50.9. The molecule has 0 aromatic heterocycles. The summed E-state index contributed by atoms with van der Waals surface area (Å²) in [6.07, 6.45) is 1.75. The Bertz CT molecular complexity index is 1250. The lowest BCUT2D eigenvalue weighted by molar-refractivity contribution is -0.151. The second-order valence-corrected chi connectivity index (χ2v) is 11.9. The number of amides is 3. The molecule has 2 aliphatic carbocycles. The third-order valence-electron chi connectivity index (χ3n) is 7.69. The van der Waals surface area contributed by atoms with Crippen LogP contribution in [0.2, 0.25) is 0 Å². The van der Waals surface area contributed by atoms with E-state index in [1.807, 2.05) is 24.3 Å². The zero-order chi connectivity index (χ0) is 30.3. The van der Waals surface area contributed by atoms with Gasteiger partial charge in [0.2, 0.25) is 5.91 Å². The number of ether oxygens (including phenoxy) is 3. The topological polar surface area (TPSA) is 132 Å². The number of rotatable bonds is 10. The zero-order valence-corrected chi connectivity index (χ0v) is 24.8. The smallest absolute Gasteiger partial charge is 0.408 e. The molecular weight excluding hydrogens is 538 g/mol. The van der Waals surface area contributed by atoms with Crippen molar-refractivity contribution >= 4 is 24.1 Å². The molecule has 1 fully saturated rings. The van der Waals surface area contributed by atoms with Gasteiger partial charge < -0.3 is 30.2 Å². The Morgan fingerprint density at radius 3 is 2.10 bits per heavy atom. The quantitative estimate of drug-likeness (QED) is 0.209. The number of hydrogen-bond donors (Lipinski definition) is 3. The number of benzene rings is 2. The summed E-state index contributed by atoms with van der Waals surface area (Å²) in [7, 11) is 1.29. The highest BCUT2D eigenvalue weighted by Gasteiger charge is 2.44. The van der Waals surface area contributed by atoms with E-state index in [-0.39, 0.29) is 25.5 Å². The van der Waals surface area contributed by atoms with Crippen molar-refractivity contribution in [2.45, 2.75) is 82.4 Å². The van der Waals surface area contributed by atoms with E-state index >= 15 is 0 Å². The van der Waals surface area contributed by atoms with Gasteiger partial charge in [0, 0.05) is 12.5 Å². The van der Waals surface area contributed by atoms with Gasteiger partial charge in [0.05, 0.1) is 7.11 Å². The van der Waals surface area contributed by atoms with Crippen LogP contribution in [-0.2, 0) is 23.8 Å². The van der Waals surface area contributed by atoms with Crippen LogP contribution in [0, 0.1) is 0 Å². The molecule has 42 heavy (non-hydrogen) atoms. The van der Waals surface area contributed by atoms with Crippen LogP contribution in [-0.4, -0.2) is 61.5 Å². The predicted molar refractivity (Wildman–Crippen MR) is 157 cm³/mol. The second-order valence-electron chi connectivity index (χ2n) is 11.9. The Labute approximate surface area is 246 Å². The van der Waals surface area contributed by atoms with E-state index in [1.54, 1.807) is 20.8 Å². The van der Waals surface area contributed by atoms with Gasteiger partial charge in [0.15, 0.2) is 0 Å². The lowest BCUT2D eigenvalue weighted by atomic mass is 9.96. The molecule has 0 saturated heterocycles. The van der Waals surface area contributed by atoms with Gasteiger partial charge in [-0.05, 0) is 68.7 Å².